The number of allylic oxidation sites excluding steroid dienone is 1. The highest BCUT2D eigenvalue weighted by Gasteiger charge is 2.11. The molecule has 0 saturated carbocycles. The Morgan fingerprint density at radius 3 is 2.23 bits per heavy atom. The molecular weight excluding hydrogens is 404 g/mol. The van der Waals surface area contributed by atoms with E-state index in [1.54, 1.807) is 6.07 Å². The van der Waals surface area contributed by atoms with Crippen LogP contribution in [0.15, 0.2) is 55.5 Å². The van der Waals surface area contributed by atoms with Crippen LogP contribution in [0.4, 0.5) is 8.78 Å². The molecule has 2 aromatic rings. The first-order chi connectivity index (χ1) is 14.9. The van der Waals surface area contributed by atoms with Gasteiger partial charge in [-0.1, -0.05) is 32.1 Å². The number of carbonyl (C=O) groups is 2. The van der Waals surface area contributed by atoms with Crippen molar-refractivity contribution in [2.45, 2.75) is 34.1 Å². The number of alkyl halides is 2. The third-order valence-electron chi connectivity index (χ3n) is 3.33. The van der Waals surface area contributed by atoms with Crippen LogP contribution in [0.25, 0.3) is 0 Å². The fourth-order valence-corrected chi connectivity index (χ4v) is 1.90. The van der Waals surface area contributed by atoms with Crippen LogP contribution in [0.1, 0.15) is 59.4 Å². The van der Waals surface area contributed by atoms with E-state index in [0.717, 1.165) is 11.8 Å². The Hall–Kier alpha value is -3.49. The predicted molar refractivity (Wildman–Crippen MR) is 117 cm³/mol. The average molecular weight is 434 g/mol. The zero-order valence-corrected chi connectivity index (χ0v) is 18.2. The van der Waals surface area contributed by atoms with Crippen LogP contribution in [-0.2, 0) is 0 Å². The summed E-state index contributed by atoms with van der Waals surface area (Å²) < 4.78 is 24.6. The molecule has 2 rings (SSSR count). The molecular formula is C22H29F2N5O2. The number of amides is 2. The zero-order valence-electron chi connectivity index (χ0n) is 18.2. The normalized spacial score (nSPS) is 9.77. The minimum atomic E-state index is -2.60. The van der Waals surface area contributed by atoms with Crippen molar-refractivity contribution < 1.29 is 18.4 Å². The minimum Gasteiger partial charge on any atom is -0.347 e. The number of rotatable bonds is 7. The van der Waals surface area contributed by atoms with Crippen LogP contribution in [-0.4, -0.2) is 39.9 Å². The largest absolute Gasteiger partial charge is 0.347 e. The summed E-state index contributed by atoms with van der Waals surface area (Å²) in [6, 6.07) is 3.91. The van der Waals surface area contributed by atoms with Gasteiger partial charge < -0.3 is 10.6 Å². The van der Waals surface area contributed by atoms with Gasteiger partial charge in [0.1, 0.15) is 17.7 Å². The molecule has 0 atom stereocenters. The molecule has 2 aromatic heterocycles. The van der Waals surface area contributed by atoms with E-state index in [9.17, 15) is 18.4 Å². The standard InChI is InChI=1S/C10H10F2N2O.C10H13N3O.C2H6/c1-2-4-14-10(15)8-6-7(9(11)12)3-5-13-8;1-3-4-5-11-10(14)9-6-8(2)12-7-13-9;1-2/h2-3,5-6,9H,1,4H2,(H,14,15);3-4,6-7H,5H2,1-2H3,(H,11,14);1-2H3/b;4-3+;. The summed E-state index contributed by atoms with van der Waals surface area (Å²) in [5.41, 5.74) is 0.960. The highest BCUT2D eigenvalue weighted by Crippen LogP contribution is 2.18. The summed E-state index contributed by atoms with van der Waals surface area (Å²) in [5.74, 6) is -0.661. The Morgan fingerprint density at radius 1 is 1.06 bits per heavy atom. The second-order valence-electron chi connectivity index (χ2n) is 5.60. The summed E-state index contributed by atoms with van der Waals surface area (Å²) in [6.45, 7) is 11.9. The number of aryl methyl sites for hydroxylation is 1. The van der Waals surface area contributed by atoms with Gasteiger partial charge in [-0.3, -0.25) is 14.6 Å². The third kappa shape index (κ3) is 11.3. The maximum absolute atomic E-state index is 12.3. The molecule has 0 radical (unpaired) electrons. The highest BCUT2D eigenvalue weighted by atomic mass is 19.3. The monoisotopic (exact) mass is 433 g/mol. The van der Waals surface area contributed by atoms with Gasteiger partial charge in [-0.15, -0.1) is 6.58 Å². The molecule has 2 amide bonds. The minimum absolute atomic E-state index is 0.0188. The number of aromatic nitrogens is 3. The highest BCUT2D eigenvalue weighted by molar-refractivity contribution is 5.92. The Kier molecular flexibility index (Phi) is 14.5. The summed E-state index contributed by atoms with van der Waals surface area (Å²) in [7, 11) is 0. The lowest BCUT2D eigenvalue weighted by Gasteiger charge is -2.03. The van der Waals surface area contributed by atoms with E-state index < -0.39 is 12.3 Å². The van der Waals surface area contributed by atoms with Gasteiger partial charge in [-0.2, -0.15) is 0 Å². The van der Waals surface area contributed by atoms with Gasteiger partial charge in [-0.05, 0) is 32.0 Å². The lowest BCUT2D eigenvalue weighted by molar-refractivity contribution is 0.0944. The molecule has 0 aliphatic rings. The number of hydrogen-bond acceptors (Lipinski definition) is 5. The summed E-state index contributed by atoms with van der Waals surface area (Å²) in [6.07, 6.45) is 5.22. The predicted octanol–water partition coefficient (Wildman–Crippen LogP) is 4.05. The maximum Gasteiger partial charge on any atom is 0.270 e. The fraction of sp³-hybridized carbons (Fsp3) is 0.318. The first kappa shape index (κ1) is 27.5. The molecule has 2 N–H and O–H groups in total. The van der Waals surface area contributed by atoms with Gasteiger partial charge in [0.05, 0.1) is 0 Å². The van der Waals surface area contributed by atoms with Gasteiger partial charge in [0.2, 0.25) is 0 Å². The molecule has 0 aliphatic heterocycles. The SMILES string of the molecule is C/C=C/CNC(=O)c1cc(C)ncn1.C=CCNC(=O)c1cc(C(F)F)ccn1.CC. The van der Waals surface area contributed by atoms with Gasteiger partial charge in [-0.25, -0.2) is 18.7 Å². The molecule has 0 bridgehead atoms. The molecule has 0 unspecified atom stereocenters. The lowest BCUT2D eigenvalue weighted by atomic mass is 10.2. The van der Waals surface area contributed by atoms with Crippen LogP contribution >= 0.6 is 0 Å². The molecule has 0 saturated heterocycles. The second kappa shape index (κ2) is 16.3. The van der Waals surface area contributed by atoms with Gasteiger partial charge in [0.25, 0.3) is 18.2 Å². The Balaban J connectivity index is 0.000000539. The van der Waals surface area contributed by atoms with Crippen molar-refractivity contribution >= 4 is 11.8 Å². The molecule has 7 nitrogen and oxygen atoms in total. The quantitative estimate of drug-likeness (QED) is 0.642. The van der Waals surface area contributed by atoms with Crippen molar-refractivity contribution in [3.05, 3.63) is 78.2 Å². The molecule has 31 heavy (non-hydrogen) atoms. The van der Waals surface area contributed by atoms with Crippen molar-refractivity contribution in [1.29, 1.82) is 0 Å². The Morgan fingerprint density at radius 2 is 1.68 bits per heavy atom. The van der Waals surface area contributed by atoms with Crippen molar-refractivity contribution in [3.8, 4) is 0 Å². The van der Waals surface area contributed by atoms with E-state index in [1.807, 2.05) is 39.8 Å². The molecule has 0 fully saturated rings. The number of carbonyl (C=O) groups excluding carboxylic acids is 2. The summed E-state index contributed by atoms with van der Waals surface area (Å²) in [4.78, 5) is 34.2. The van der Waals surface area contributed by atoms with E-state index in [1.165, 1.54) is 24.7 Å². The van der Waals surface area contributed by atoms with Crippen molar-refractivity contribution in [2.24, 2.45) is 0 Å². The first-order valence-corrected chi connectivity index (χ1v) is 9.70. The molecule has 0 aliphatic carbocycles. The number of halogens is 2. The number of hydrogen-bond donors (Lipinski definition) is 2. The van der Waals surface area contributed by atoms with Crippen molar-refractivity contribution in [3.63, 3.8) is 0 Å². The van der Waals surface area contributed by atoms with Crippen LogP contribution in [0.2, 0.25) is 0 Å². The molecule has 9 heteroatoms. The number of nitrogens with one attached hydrogen (secondary N) is 2. The van der Waals surface area contributed by atoms with E-state index in [-0.39, 0.29) is 23.7 Å². The summed E-state index contributed by atoms with van der Waals surface area (Å²) in [5, 5.41) is 5.16. The third-order valence-corrected chi connectivity index (χ3v) is 3.33. The van der Waals surface area contributed by atoms with E-state index in [2.05, 4.69) is 32.2 Å². The van der Waals surface area contributed by atoms with Crippen LogP contribution in [0.3, 0.4) is 0 Å². The molecule has 168 valence electrons. The van der Waals surface area contributed by atoms with Crippen molar-refractivity contribution in [2.75, 3.05) is 13.1 Å². The van der Waals surface area contributed by atoms with Crippen LogP contribution in [0.5, 0.6) is 0 Å². The fourth-order valence-electron chi connectivity index (χ4n) is 1.90. The maximum atomic E-state index is 12.3. The second-order valence-corrected chi connectivity index (χ2v) is 5.60. The summed E-state index contributed by atoms with van der Waals surface area (Å²) >= 11 is 0. The smallest absolute Gasteiger partial charge is 0.270 e. The van der Waals surface area contributed by atoms with E-state index in [0.29, 0.717) is 12.2 Å². The van der Waals surface area contributed by atoms with E-state index >= 15 is 0 Å². The van der Waals surface area contributed by atoms with Gasteiger partial charge >= 0.3 is 0 Å². The Bertz CT molecular complexity index is 857. The lowest BCUT2D eigenvalue weighted by Crippen LogP contribution is -2.24. The Labute approximate surface area is 181 Å². The van der Waals surface area contributed by atoms with E-state index in [4.69, 9.17) is 0 Å². The topological polar surface area (TPSA) is 96.9 Å². The zero-order chi connectivity index (χ0) is 23.6. The molecule has 2 heterocycles. The molecule has 0 aromatic carbocycles. The number of pyridine rings is 1. The van der Waals surface area contributed by atoms with Crippen molar-refractivity contribution in [1.82, 2.24) is 25.6 Å². The van der Waals surface area contributed by atoms with Crippen LogP contribution in [0, 0.1) is 6.92 Å². The number of nitrogens with zero attached hydrogens (tertiary/aromatic N) is 3. The van der Waals surface area contributed by atoms with Crippen LogP contribution < -0.4 is 10.6 Å². The average Bonchev–Trinajstić information content (AvgIpc) is 2.79. The van der Waals surface area contributed by atoms with Gasteiger partial charge in [0, 0.05) is 30.5 Å². The van der Waals surface area contributed by atoms with Gasteiger partial charge in [0.15, 0.2) is 0 Å². The first-order valence-electron chi connectivity index (χ1n) is 9.70. The molecule has 0 spiro atoms.